The van der Waals surface area contributed by atoms with Gasteiger partial charge in [-0.25, -0.2) is 4.90 Å². The van der Waals surface area contributed by atoms with E-state index in [1.807, 2.05) is 6.07 Å². The molecule has 1 aliphatic heterocycles. The van der Waals surface area contributed by atoms with Crippen LogP contribution in [0.25, 0.3) is 4.62 Å². The van der Waals surface area contributed by atoms with Crippen molar-refractivity contribution in [2.75, 3.05) is 13.1 Å². The van der Waals surface area contributed by atoms with E-state index >= 15 is 0 Å². The van der Waals surface area contributed by atoms with E-state index in [0.29, 0.717) is 8.73 Å². The van der Waals surface area contributed by atoms with Crippen LogP contribution >= 0.6 is 8.73 Å². The highest BCUT2D eigenvalue weighted by Gasteiger charge is 2.13. The molecule has 3 heteroatoms. The minimum Gasteiger partial charge on any atom is -0.210 e. The Labute approximate surface area is 92.9 Å². The molecule has 15 heavy (non-hydrogen) atoms. The summed E-state index contributed by atoms with van der Waals surface area (Å²) in [5, 5.41) is 1.28. The first-order valence-electron chi connectivity index (χ1n) is 5.46. The molecule has 0 bridgehead atoms. The number of nitrogens with zero attached hydrogens (tertiary/aromatic N) is 2. The van der Waals surface area contributed by atoms with Crippen molar-refractivity contribution in [3.05, 3.63) is 34.9 Å². The average Bonchev–Trinajstić information content (AvgIpc) is 2.32. The quantitative estimate of drug-likeness (QED) is 0.520. The summed E-state index contributed by atoms with van der Waals surface area (Å²) < 4.78 is 4.37. The van der Waals surface area contributed by atoms with Gasteiger partial charge in [-0.1, -0.05) is 18.2 Å². The first-order valence-corrected chi connectivity index (χ1v) is 6.41. The van der Waals surface area contributed by atoms with Gasteiger partial charge in [-0.05, 0) is 31.4 Å². The first-order chi connectivity index (χ1) is 7.45. The van der Waals surface area contributed by atoms with E-state index in [2.05, 4.69) is 40.0 Å². The normalized spacial score (nSPS) is 16.4. The van der Waals surface area contributed by atoms with Gasteiger partial charge in [0.2, 0.25) is 8.73 Å². The molecule has 1 aliphatic rings. The van der Waals surface area contributed by atoms with Gasteiger partial charge in [-0.2, -0.15) is 4.62 Å². The Balaban J connectivity index is 1.84. The van der Waals surface area contributed by atoms with Crippen molar-refractivity contribution < 1.29 is 0 Å². The third kappa shape index (κ3) is 3.53. The number of hydrogen-bond acceptors (Lipinski definition) is 1. The molecule has 1 heterocycles. The van der Waals surface area contributed by atoms with Crippen molar-refractivity contribution in [1.82, 2.24) is 4.90 Å². The van der Waals surface area contributed by atoms with Crippen LogP contribution in [0.1, 0.15) is 19.3 Å². The van der Waals surface area contributed by atoms with Crippen molar-refractivity contribution >= 4 is 14.0 Å². The molecule has 1 fully saturated rings. The summed E-state index contributed by atoms with van der Waals surface area (Å²) in [6.07, 6.45) is 7.08. The molecule has 1 atom stereocenters. The lowest BCUT2D eigenvalue weighted by Gasteiger charge is -2.13. The Kier molecular flexibility index (Phi) is 4.00. The third-order valence-electron chi connectivity index (χ3n) is 2.51. The lowest BCUT2D eigenvalue weighted by Crippen LogP contribution is -2.24. The summed E-state index contributed by atoms with van der Waals surface area (Å²) in [7, 11) is 0.501. The van der Waals surface area contributed by atoms with E-state index in [4.69, 9.17) is 0 Å². The summed E-state index contributed by atoms with van der Waals surface area (Å²) in [4.78, 5) is 2.21. The van der Waals surface area contributed by atoms with Crippen molar-refractivity contribution in [2.24, 2.45) is 0 Å². The smallest absolute Gasteiger partial charge is 0.210 e. The summed E-state index contributed by atoms with van der Waals surface area (Å²) in [5.41, 5.74) is 0. The van der Waals surface area contributed by atoms with Crippen LogP contribution < -0.4 is 5.30 Å². The van der Waals surface area contributed by atoms with E-state index in [9.17, 15) is 0 Å². The van der Waals surface area contributed by atoms with Gasteiger partial charge in [0.25, 0.3) is 0 Å². The van der Waals surface area contributed by atoms with Gasteiger partial charge >= 0.3 is 6.19 Å². The molecule has 2 rings (SSSR count). The van der Waals surface area contributed by atoms with E-state index in [-0.39, 0.29) is 0 Å². The van der Waals surface area contributed by atoms with Crippen molar-refractivity contribution in [1.29, 1.82) is 0 Å². The molecule has 0 N–H and O–H groups in total. The molecule has 0 radical (unpaired) electrons. The molecule has 1 unspecified atom stereocenters. The standard InChI is InChI=1S/C12H16N2P/c1-3-7-12(8-4-1)15-13-11-14-9-5-2-6-10-14/h1,3-4,7-8,15H,2,5-6,9-10H2/q+1. The molecular formula is C12H16N2P+. The van der Waals surface area contributed by atoms with Gasteiger partial charge in [0.05, 0.1) is 13.1 Å². The Morgan fingerprint density at radius 2 is 1.80 bits per heavy atom. The maximum atomic E-state index is 4.37. The number of piperidine rings is 1. The zero-order valence-corrected chi connectivity index (χ0v) is 9.82. The van der Waals surface area contributed by atoms with Gasteiger partial charge in [0.15, 0.2) is 0 Å². The van der Waals surface area contributed by atoms with Crippen LogP contribution in [0, 0.1) is 6.19 Å². The lowest BCUT2D eigenvalue weighted by atomic mass is 10.1. The van der Waals surface area contributed by atoms with Gasteiger partial charge in [-0.3, -0.25) is 0 Å². The van der Waals surface area contributed by atoms with Crippen LogP contribution in [-0.4, -0.2) is 18.0 Å². The summed E-state index contributed by atoms with van der Waals surface area (Å²) in [6, 6.07) is 10.4. The molecule has 0 saturated carbocycles. The zero-order chi connectivity index (χ0) is 10.3. The van der Waals surface area contributed by atoms with E-state index in [1.54, 1.807) is 0 Å². The van der Waals surface area contributed by atoms with E-state index < -0.39 is 0 Å². The van der Waals surface area contributed by atoms with E-state index in [1.165, 1.54) is 24.6 Å². The maximum absolute atomic E-state index is 4.37. The number of hydrogen-bond donors (Lipinski definition) is 0. The Morgan fingerprint density at radius 1 is 1.07 bits per heavy atom. The molecule has 2 nitrogen and oxygen atoms in total. The monoisotopic (exact) mass is 219 g/mol. The molecule has 0 spiro atoms. The van der Waals surface area contributed by atoms with Crippen LogP contribution in [0.15, 0.2) is 30.3 Å². The summed E-state index contributed by atoms with van der Waals surface area (Å²) in [5.74, 6) is 0. The number of benzene rings is 1. The highest BCUT2D eigenvalue weighted by Crippen LogP contribution is 2.12. The second-order valence-electron chi connectivity index (χ2n) is 3.74. The van der Waals surface area contributed by atoms with Gasteiger partial charge in [0, 0.05) is 5.30 Å². The average molecular weight is 219 g/mol. The fourth-order valence-corrected chi connectivity index (χ4v) is 2.33. The molecule has 0 aromatic heterocycles. The van der Waals surface area contributed by atoms with Crippen molar-refractivity contribution in [3.8, 4) is 6.19 Å². The molecule has 1 saturated heterocycles. The van der Waals surface area contributed by atoms with Crippen LogP contribution in [-0.2, 0) is 0 Å². The molecular weight excluding hydrogens is 203 g/mol. The molecule has 0 amide bonds. The predicted octanol–water partition coefficient (Wildman–Crippen LogP) is 2.68. The van der Waals surface area contributed by atoms with Crippen LogP contribution in [0.5, 0.6) is 0 Å². The number of likely N-dealkylation sites (tertiary alicyclic amines) is 1. The van der Waals surface area contributed by atoms with Gasteiger partial charge in [-0.15, -0.1) is 0 Å². The topological polar surface area (TPSA) is 7.60 Å². The second kappa shape index (κ2) is 5.73. The summed E-state index contributed by atoms with van der Waals surface area (Å²) in [6.45, 7) is 2.26. The molecule has 1 aromatic carbocycles. The number of rotatable bonds is 1. The van der Waals surface area contributed by atoms with Crippen LogP contribution in [0.4, 0.5) is 0 Å². The van der Waals surface area contributed by atoms with Gasteiger partial charge < -0.3 is 0 Å². The van der Waals surface area contributed by atoms with Gasteiger partial charge in [0.1, 0.15) is 0 Å². The van der Waals surface area contributed by atoms with Crippen molar-refractivity contribution in [3.63, 3.8) is 0 Å². The minimum absolute atomic E-state index is 0.501. The Hall–Kier alpha value is -1.06. The minimum atomic E-state index is 0.501. The SMILES string of the molecule is C(#[N+]Pc1ccccc1)N1CCCCC1. The maximum Gasteiger partial charge on any atom is 0.372 e. The fraction of sp³-hybridized carbons (Fsp3) is 0.417. The predicted molar refractivity (Wildman–Crippen MR) is 67.1 cm³/mol. The molecule has 78 valence electrons. The Morgan fingerprint density at radius 3 is 2.53 bits per heavy atom. The zero-order valence-electron chi connectivity index (χ0n) is 8.82. The molecule has 1 aromatic rings. The largest absolute Gasteiger partial charge is 0.372 e. The van der Waals surface area contributed by atoms with Crippen molar-refractivity contribution in [2.45, 2.75) is 19.3 Å². The van der Waals surface area contributed by atoms with Crippen LogP contribution in [0.2, 0.25) is 0 Å². The lowest BCUT2D eigenvalue weighted by molar-refractivity contribution is 0.326. The highest BCUT2D eigenvalue weighted by molar-refractivity contribution is 7.49. The molecule has 0 aliphatic carbocycles. The summed E-state index contributed by atoms with van der Waals surface area (Å²) >= 11 is 0. The third-order valence-corrected chi connectivity index (χ3v) is 3.31. The van der Waals surface area contributed by atoms with Crippen LogP contribution in [0.3, 0.4) is 0 Å². The fourth-order valence-electron chi connectivity index (χ4n) is 1.67. The first kappa shape index (κ1) is 10.5. The Bertz CT molecular complexity index is 347. The van der Waals surface area contributed by atoms with E-state index in [0.717, 1.165) is 13.1 Å². The highest BCUT2D eigenvalue weighted by atomic mass is 31.1. The second-order valence-corrected chi connectivity index (χ2v) is 4.76.